The standard InChI is InChI=1S/C17H18Cl2FN/c1-3-8-21-17(13-6-4-11(2)9-16(13)19)14-10-12(20)5-7-15(14)18/h4-7,9-10,17,21H,3,8H2,1-2H3. The molecule has 2 rings (SSSR count). The molecule has 0 aliphatic rings. The van der Waals surface area contributed by atoms with Gasteiger partial charge in [-0.15, -0.1) is 0 Å². The van der Waals surface area contributed by atoms with Crippen molar-refractivity contribution in [1.29, 1.82) is 0 Å². The summed E-state index contributed by atoms with van der Waals surface area (Å²) in [6.45, 7) is 4.86. The summed E-state index contributed by atoms with van der Waals surface area (Å²) in [6.07, 6.45) is 0.965. The Morgan fingerprint density at radius 3 is 2.48 bits per heavy atom. The van der Waals surface area contributed by atoms with Gasteiger partial charge in [0.1, 0.15) is 5.82 Å². The van der Waals surface area contributed by atoms with Crippen molar-refractivity contribution in [2.45, 2.75) is 26.3 Å². The van der Waals surface area contributed by atoms with E-state index in [2.05, 4.69) is 12.2 Å². The summed E-state index contributed by atoms with van der Waals surface area (Å²) in [7, 11) is 0. The van der Waals surface area contributed by atoms with Crippen molar-refractivity contribution in [3.8, 4) is 0 Å². The van der Waals surface area contributed by atoms with Crippen LogP contribution < -0.4 is 5.32 Å². The van der Waals surface area contributed by atoms with Gasteiger partial charge >= 0.3 is 0 Å². The zero-order valence-electron chi connectivity index (χ0n) is 12.1. The molecular formula is C17H18Cl2FN. The zero-order chi connectivity index (χ0) is 15.4. The van der Waals surface area contributed by atoms with Crippen molar-refractivity contribution in [1.82, 2.24) is 5.32 Å². The third kappa shape index (κ3) is 3.97. The number of hydrogen-bond donors (Lipinski definition) is 1. The Kier molecular flexibility index (Phi) is 5.63. The minimum Gasteiger partial charge on any atom is -0.306 e. The highest BCUT2D eigenvalue weighted by atomic mass is 35.5. The Bertz CT molecular complexity index is 628. The molecule has 0 saturated heterocycles. The monoisotopic (exact) mass is 325 g/mol. The van der Waals surface area contributed by atoms with Gasteiger partial charge in [-0.25, -0.2) is 4.39 Å². The van der Waals surface area contributed by atoms with E-state index in [1.165, 1.54) is 12.1 Å². The average Bonchev–Trinajstić information content (AvgIpc) is 2.44. The van der Waals surface area contributed by atoms with Crippen molar-refractivity contribution in [2.24, 2.45) is 0 Å². The summed E-state index contributed by atoms with van der Waals surface area (Å²) >= 11 is 12.6. The van der Waals surface area contributed by atoms with Crippen molar-refractivity contribution in [3.05, 3.63) is 69.0 Å². The Hall–Kier alpha value is -1.09. The van der Waals surface area contributed by atoms with Gasteiger partial charge in [0.15, 0.2) is 0 Å². The van der Waals surface area contributed by atoms with Crippen LogP contribution in [-0.2, 0) is 0 Å². The molecule has 0 saturated carbocycles. The quantitative estimate of drug-likeness (QED) is 0.762. The van der Waals surface area contributed by atoms with Gasteiger partial charge in [0, 0.05) is 10.0 Å². The lowest BCUT2D eigenvalue weighted by atomic mass is 9.97. The molecule has 0 fully saturated rings. The van der Waals surface area contributed by atoms with Crippen LogP contribution in [0.15, 0.2) is 36.4 Å². The second-order valence-electron chi connectivity index (χ2n) is 5.08. The van der Waals surface area contributed by atoms with E-state index in [4.69, 9.17) is 23.2 Å². The maximum atomic E-state index is 13.6. The zero-order valence-corrected chi connectivity index (χ0v) is 13.6. The van der Waals surface area contributed by atoms with Gasteiger partial charge < -0.3 is 5.32 Å². The Morgan fingerprint density at radius 1 is 1.05 bits per heavy atom. The number of hydrogen-bond acceptors (Lipinski definition) is 1. The Balaban J connectivity index is 2.49. The van der Waals surface area contributed by atoms with Crippen LogP contribution in [0.1, 0.15) is 36.1 Å². The van der Waals surface area contributed by atoms with Crippen LogP contribution in [0.4, 0.5) is 4.39 Å². The minimum atomic E-state index is -0.305. The molecule has 1 N–H and O–H groups in total. The third-order valence-corrected chi connectivity index (χ3v) is 4.01. The van der Waals surface area contributed by atoms with Crippen LogP contribution in [-0.4, -0.2) is 6.54 Å². The van der Waals surface area contributed by atoms with Gasteiger partial charge in [-0.3, -0.25) is 0 Å². The lowest BCUT2D eigenvalue weighted by molar-refractivity contribution is 0.585. The number of nitrogens with one attached hydrogen (secondary N) is 1. The van der Waals surface area contributed by atoms with Crippen LogP contribution in [0, 0.1) is 12.7 Å². The van der Waals surface area contributed by atoms with E-state index in [1.54, 1.807) is 6.07 Å². The Labute approximate surface area is 135 Å². The molecule has 2 aromatic rings. The highest BCUT2D eigenvalue weighted by Crippen LogP contribution is 2.33. The molecule has 1 unspecified atom stereocenters. The summed E-state index contributed by atoms with van der Waals surface area (Å²) in [5.74, 6) is -0.305. The van der Waals surface area contributed by atoms with Crippen molar-refractivity contribution < 1.29 is 4.39 Å². The lowest BCUT2D eigenvalue weighted by Gasteiger charge is -2.22. The van der Waals surface area contributed by atoms with E-state index in [9.17, 15) is 4.39 Å². The smallest absolute Gasteiger partial charge is 0.123 e. The van der Waals surface area contributed by atoms with Gasteiger partial charge in [0.25, 0.3) is 0 Å². The average molecular weight is 326 g/mol. The molecule has 0 aliphatic heterocycles. The van der Waals surface area contributed by atoms with Crippen LogP contribution in [0.5, 0.6) is 0 Å². The molecule has 112 valence electrons. The molecule has 0 spiro atoms. The topological polar surface area (TPSA) is 12.0 Å². The largest absolute Gasteiger partial charge is 0.306 e. The van der Waals surface area contributed by atoms with Crippen LogP contribution in [0.25, 0.3) is 0 Å². The first-order valence-corrected chi connectivity index (χ1v) is 7.73. The fraction of sp³-hybridized carbons (Fsp3) is 0.294. The van der Waals surface area contributed by atoms with Gasteiger partial charge in [0.05, 0.1) is 6.04 Å². The molecule has 1 nitrogen and oxygen atoms in total. The summed E-state index contributed by atoms with van der Waals surface area (Å²) < 4.78 is 13.6. The maximum Gasteiger partial charge on any atom is 0.123 e. The summed E-state index contributed by atoms with van der Waals surface area (Å²) in [4.78, 5) is 0. The molecule has 0 radical (unpaired) electrons. The molecule has 0 aromatic heterocycles. The van der Waals surface area contributed by atoms with E-state index in [1.807, 2.05) is 25.1 Å². The van der Waals surface area contributed by atoms with E-state index in [0.29, 0.717) is 15.6 Å². The van der Waals surface area contributed by atoms with E-state index < -0.39 is 0 Å². The summed E-state index contributed by atoms with van der Waals surface area (Å²) in [6, 6.07) is 10.0. The van der Waals surface area contributed by atoms with Gasteiger partial charge in [-0.05, 0) is 60.8 Å². The van der Waals surface area contributed by atoms with Gasteiger partial charge in [-0.1, -0.05) is 42.3 Å². The normalized spacial score (nSPS) is 12.4. The van der Waals surface area contributed by atoms with E-state index in [0.717, 1.165) is 24.1 Å². The second kappa shape index (κ2) is 7.26. The van der Waals surface area contributed by atoms with Crippen LogP contribution in [0.3, 0.4) is 0 Å². The molecule has 1 atom stereocenters. The predicted octanol–water partition coefficient (Wildman–Crippen LogP) is 5.53. The first kappa shape index (κ1) is 16.3. The molecule has 21 heavy (non-hydrogen) atoms. The number of rotatable bonds is 5. The van der Waals surface area contributed by atoms with E-state index in [-0.39, 0.29) is 11.9 Å². The fourth-order valence-electron chi connectivity index (χ4n) is 2.28. The fourth-order valence-corrected chi connectivity index (χ4v) is 2.85. The highest BCUT2D eigenvalue weighted by molar-refractivity contribution is 6.32. The lowest BCUT2D eigenvalue weighted by Crippen LogP contribution is -2.24. The molecular weight excluding hydrogens is 308 g/mol. The van der Waals surface area contributed by atoms with Gasteiger partial charge in [0.2, 0.25) is 0 Å². The maximum absolute atomic E-state index is 13.6. The van der Waals surface area contributed by atoms with Crippen molar-refractivity contribution in [2.75, 3.05) is 6.54 Å². The Morgan fingerprint density at radius 2 is 1.81 bits per heavy atom. The minimum absolute atomic E-state index is 0.221. The highest BCUT2D eigenvalue weighted by Gasteiger charge is 2.19. The molecule has 0 amide bonds. The van der Waals surface area contributed by atoms with Crippen molar-refractivity contribution in [3.63, 3.8) is 0 Å². The first-order chi connectivity index (χ1) is 10.0. The molecule has 0 aliphatic carbocycles. The van der Waals surface area contributed by atoms with Gasteiger partial charge in [-0.2, -0.15) is 0 Å². The summed E-state index contributed by atoms with van der Waals surface area (Å²) in [5.41, 5.74) is 2.70. The SMILES string of the molecule is CCCNC(c1ccc(C)cc1Cl)c1cc(F)ccc1Cl. The third-order valence-electron chi connectivity index (χ3n) is 3.33. The predicted molar refractivity (Wildman–Crippen MR) is 87.7 cm³/mol. The van der Waals surface area contributed by atoms with Crippen LogP contribution >= 0.6 is 23.2 Å². The van der Waals surface area contributed by atoms with Crippen molar-refractivity contribution >= 4 is 23.2 Å². The molecule has 0 heterocycles. The second-order valence-corrected chi connectivity index (χ2v) is 5.89. The molecule has 2 aromatic carbocycles. The molecule has 4 heteroatoms. The number of halogens is 3. The molecule has 0 bridgehead atoms. The van der Waals surface area contributed by atoms with E-state index >= 15 is 0 Å². The first-order valence-electron chi connectivity index (χ1n) is 6.97. The van der Waals surface area contributed by atoms with Crippen LogP contribution in [0.2, 0.25) is 10.0 Å². The number of benzene rings is 2. The summed E-state index contributed by atoms with van der Waals surface area (Å²) in [5, 5.41) is 4.58. The number of aryl methyl sites for hydroxylation is 1.